The number of aryl methyl sites for hydroxylation is 1. The Labute approximate surface area is 205 Å². The Balaban J connectivity index is 1.98. The summed E-state index contributed by atoms with van der Waals surface area (Å²) in [7, 11) is 0. The molecule has 1 N–H and O–H groups in total. The molecule has 0 saturated heterocycles. The maximum Gasteiger partial charge on any atom is 0.337 e. The van der Waals surface area contributed by atoms with E-state index in [4.69, 9.17) is 21.3 Å². The minimum atomic E-state index is -1.14. The number of pyridine rings is 1. The van der Waals surface area contributed by atoms with Crippen LogP contribution >= 0.6 is 11.6 Å². The number of allylic oxidation sites excluding steroid dienone is 1. The molecule has 2 unspecified atom stereocenters. The third-order valence-corrected chi connectivity index (χ3v) is 6.15. The topological polar surface area (TPSA) is 71.8 Å². The summed E-state index contributed by atoms with van der Waals surface area (Å²) in [6, 6.07) is 13.3. The summed E-state index contributed by atoms with van der Waals surface area (Å²) in [5.74, 6) is -0.794. The first-order chi connectivity index (χ1) is 16.0. The third kappa shape index (κ3) is 4.91. The number of hydrogen-bond donors (Lipinski definition) is 1. The molecule has 1 aliphatic heterocycles. The van der Waals surface area contributed by atoms with Crippen LogP contribution in [0.25, 0.3) is 22.0 Å². The molecule has 5 nitrogen and oxygen atoms in total. The first kappa shape index (κ1) is 24.1. The van der Waals surface area contributed by atoms with Crippen LogP contribution in [0.5, 0.6) is 0 Å². The minimum Gasteiger partial charge on any atom is -0.479 e. The molecule has 1 aromatic heterocycles. The van der Waals surface area contributed by atoms with Crippen LogP contribution < -0.4 is 0 Å². The van der Waals surface area contributed by atoms with Crippen molar-refractivity contribution in [1.29, 1.82) is 0 Å². The number of halogens is 1. The number of hydrogen-bond acceptors (Lipinski definition) is 4. The average Bonchev–Trinajstić information content (AvgIpc) is 2.77. The van der Waals surface area contributed by atoms with Crippen LogP contribution in [0, 0.1) is 12.8 Å². The molecule has 1 aliphatic rings. The van der Waals surface area contributed by atoms with E-state index >= 15 is 0 Å². The number of aliphatic carboxylic acids is 1. The first-order valence-electron chi connectivity index (χ1n) is 11.4. The Morgan fingerprint density at radius 1 is 1.15 bits per heavy atom. The van der Waals surface area contributed by atoms with Gasteiger partial charge in [0.05, 0.1) is 22.9 Å². The molecule has 6 heteroatoms. The molecule has 2 aromatic carbocycles. The molecule has 176 valence electrons. The molecule has 4 rings (SSSR count). The van der Waals surface area contributed by atoms with Crippen molar-refractivity contribution < 1.29 is 14.6 Å². The number of rotatable bonds is 5. The lowest BCUT2D eigenvalue weighted by Gasteiger charge is -2.28. The lowest BCUT2D eigenvalue weighted by Crippen LogP contribution is -2.28. The quantitative estimate of drug-likeness (QED) is 0.425. The van der Waals surface area contributed by atoms with Crippen molar-refractivity contribution in [2.75, 3.05) is 0 Å². The second-order valence-corrected chi connectivity index (χ2v) is 10.2. The van der Waals surface area contributed by atoms with Gasteiger partial charge in [-0.25, -0.2) is 4.79 Å². The lowest BCUT2D eigenvalue weighted by molar-refractivity contribution is -0.160. The van der Waals surface area contributed by atoms with E-state index in [2.05, 4.69) is 18.0 Å². The molecule has 0 aliphatic carbocycles. The van der Waals surface area contributed by atoms with E-state index in [0.717, 1.165) is 33.3 Å². The van der Waals surface area contributed by atoms with Crippen molar-refractivity contribution in [3.05, 3.63) is 76.5 Å². The van der Waals surface area contributed by atoms with E-state index in [1.54, 1.807) is 0 Å². The summed E-state index contributed by atoms with van der Waals surface area (Å²) in [5, 5.41) is 11.6. The van der Waals surface area contributed by atoms with E-state index in [-0.39, 0.29) is 12.0 Å². The highest BCUT2D eigenvalue weighted by Gasteiger charge is 2.32. The van der Waals surface area contributed by atoms with Gasteiger partial charge in [0, 0.05) is 28.1 Å². The SMILES string of the molecule is Cc1cc2nc(C3N=CC=CC3C)ccc2c(-c2ccc(Cl)cc2)c1[C@H](OC(C)(C)C)C(=O)O. The predicted octanol–water partition coefficient (Wildman–Crippen LogP) is 7.12. The largest absolute Gasteiger partial charge is 0.479 e. The highest BCUT2D eigenvalue weighted by Crippen LogP contribution is 2.41. The van der Waals surface area contributed by atoms with E-state index in [0.29, 0.717) is 10.6 Å². The molecule has 2 heterocycles. The fourth-order valence-electron chi connectivity index (χ4n) is 4.41. The van der Waals surface area contributed by atoms with Crippen molar-refractivity contribution in [2.45, 2.75) is 52.4 Å². The third-order valence-electron chi connectivity index (χ3n) is 5.90. The second kappa shape index (κ2) is 9.32. The normalized spacial score (nSPS) is 18.9. The number of fused-ring (bicyclic) bond motifs is 1. The van der Waals surface area contributed by atoms with Gasteiger partial charge in [0.1, 0.15) is 0 Å². The van der Waals surface area contributed by atoms with Gasteiger partial charge in [-0.05, 0) is 74.7 Å². The number of carbonyl (C=O) groups is 1. The van der Waals surface area contributed by atoms with E-state index < -0.39 is 17.7 Å². The summed E-state index contributed by atoms with van der Waals surface area (Å²) in [6.45, 7) is 9.60. The van der Waals surface area contributed by atoms with Gasteiger partial charge in [-0.15, -0.1) is 0 Å². The van der Waals surface area contributed by atoms with Gasteiger partial charge in [-0.1, -0.05) is 42.8 Å². The van der Waals surface area contributed by atoms with Crippen molar-refractivity contribution in [3.8, 4) is 11.1 Å². The molecule has 3 aromatic rings. The van der Waals surface area contributed by atoms with Crippen LogP contribution in [0.4, 0.5) is 0 Å². The van der Waals surface area contributed by atoms with Gasteiger partial charge in [-0.2, -0.15) is 0 Å². The zero-order valence-electron chi connectivity index (χ0n) is 20.0. The summed E-state index contributed by atoms with van der Waals surface area (Å²) < 4.78 is 6.06. The van der Waals surface area contributed by atoms with E-state index in [1.165, 1.54) is 0 Å². The van der Waals surface area contributed by atoms with Crippen molar-refractivity contribution >= 4 is 34.7 Å². The Bertz CT molecular complexity index is 1290. The number of ether oxygens (including phenoxy) is 1. The first-order valence-corrected chi connectivity index (χ1v) is 11.7. The molecular weight excluding hydrogens is 448 g/mol. The fourth-order valence-corrected chi connectivity index (χ4v) is 4.53. The van der Waals surface area contributed by atoms with E-state index in [9.17, 15) is 9.90 Å². The van der Waals surface area contributed by atoms with Crippen LogP contribution in [0.1, 0.15) is 56.7 Å². The van der Waals surface area contributed by atoms with Crippen LogP contribution in [0.2, 0.25) is 5.02 Å². The highest BCUT2D eigenvalue weighted by atomic mass is 35.5. The van der Waals surface area contributed by atoms with Crippen molar-refractivity contribution in [1.82, 2.24) is 4.98 Å². The molecule has 0 saturated carbocycles. The number of aromatic nitrogens is 1. The van der Waals surface area contributed by atoms with E-state index in [1.807, 2.05) is 82.5 Å². The Morgan fingerprint density at radius 2 is 1.85 bits per heavy atom. The number of dihydropyridines is 1. The van der Waals surface area contributed by atoms with Crippen molar-refractivity contribution in [3.63, 3.8) is 0 Å². The maximum atomic E-state index is 12.4. The van der Waals surface area contributed by atoms with Gasteiger partial charge >= 0.3 is 5.97 Å². The smallest absolute Gasteiger partial charge is 0.337 e. The molecule has 0 bridgehead atoms. The highest BCUT2D eigenvalue weighted by molar-refractivity contribution is 6.30. The van der Waals surface area contributed by atoms with Crippen LogP contribution in [-0.2, 0) is 9.53 Å². The lowest BCUT2D eigenvalue weighted by atomic mass is 9.88. The number of carboxylic acids is 1. The standard InChI is InChI=1S/C28H29ClN2O3/c1-16-7-6-14-30-25(16)21-13-12-20-22(31-21)15-17(2)23(26(27(32)33)34-28(3,4)5)24(20)18-8-10-19(29)11-9-18/h6-16,25-26H,1-5H3,(H,32,33)/t16?,25?,26-/m0/s1. The Kier molecular flexibility index (Phi) is 6.61. The molecule has 0 spiro atoms. The zero-order chi connectivity index (χ0) is 24.6. The maximum absolute atomic E-state index is 12.4. The summed E-state index contributed by atoms with van der Waals surface area (Å²) in [4.78, 5) is 22.0. The zero-order valence-corrected chi connectivity index (χ0v) is 20.8. The van der Waals surface area contributed by atoms with Gasteiger partial charge in [0.2, 0.25) is 0 Å². The predicted molar refractivity (Wildman–Crippen MR) is 138 cm³/mol. The van der Waals surface area contributed by atoms with Gasteiger partial charge in [0.25, 0.3) is 0 Å². The summed E-state index contributed by atoms with van der Waals surface area (Å²) >= 11 is 6.16. The average molecular weight is 477 g/mol. The van der Waals surface area contributed by atoms with Crippen LogP contribution in [0.3, 0.4) is 0 Å². The van der Waals surface area contributed by atoms with Crippen molar-refractivity contribution in [2.24, 2.45) is 10.9 Å². The van der Waals surface area contributed by atoms with Crippen LogP contribution in [0.15, 0.2) is 59.6 Å². The molecule has 34 heavy (non-hydrogen) atoms. The number of carboxylic acid groups (broad SMARTS) is 1. The Morgan fingerprint density at radius 3 is 2.47 bits per heavy atom. The molecule has 0 amide bonds. The Hall–Kier alpha value is -3.02. The summed E-state index contributed by atoms with van der Waals surface area (Å²) in [6.07, 6.45) is 4.75. The summed E-state index contributed by atoms with van der Waals surface area (Å²) in [5.41, 5.74) is 4.11. The second-order valence-electron chi connectivity index (χ2n) is 9.73. The molecule has 0 radical (unpaired) electrons. The molecule has 0 fully saturated rings. The van der Waals surface area contributed by atoms with Gasteiger partial charge in [0.15, 0.2) is 6.10 Å². The number of nitrogens with zero attached hydrogens (tertiary/aromatic N) is 2. The molecular formula is C28H29ClN2O3. The van der Waals surface area contributed by atoms with Gasteiger partial charge in [-0.3, -0.25) is 9.98 Å². The minimum absolute atomic E-state index is 0.0515. The fraction of sp³-hybridized carbons (Fsp3) is 0.321. The molecule has 3 atom stereocenters. The number of aliphatic imine (C=N–C) groups is 1. The van der Waals surface area contributed by atoms with Gasteiger partial charge < -0.3 is 9.84 Å². The van der Waals surface area contributed by atoms with Crippen LogP contribution in [-0.4, -0.2) is 27.9 Å². The monoisotopic (exact) mass is 476 g/mol. The number of benzene rings is 2.